The molecular formula is C14H9ClFNO4. The van der Waals surface area contributed by atoms with Gasteiger partial charge in [0.15, 0.2) is 23.1 Å². The Labute approximate surface area is 124 Å². The number of nitrogens with zero attached hydrogens (tertiary/aromatic N) is 1. The molecule has 0 bridgehead atoms. The number of carbonyl (C=O) groups excluding carboxylic acids is 1. The summed E-state index contributed by atoms with van der Waals surface area (Å²) in [5.74, 6) is -1.26. The fourth-order valence-corrected chi connectivity index (χ4v) is 1.76. The molecule has 21 heavy (non-hydrogen) atoms. The normalized spacial score (nSPS) is 10.2. The Bertz CT molecular complexity index is 733. The van der Waals surface area contributed by atoms with Crippen molar-refractivity contribution >= 4 is 23.1 Å². The zero-order chi connectivity index (χ0) is 15.6. The second-order valence-corrected chi connectivity index (χ2v) is 4.58. The number of non-ortho nitro benzene ring substituents is 1. The van der Waals surface area contributed by atoms with Crippen LogP contribution in [0.2, 0.25) is 5.02 Å². The predicted molar refractivity (Wildman–Crippen MR) is 74.6 cm³/mol. The molecule has 0 heterocycles. The molecule has 0 saturated heterocycles. The molecule has 0 spiro atoms. The van der Waals surface area contributed by atoms with E-state index in [1.54, 1.807) is 0 Å². The molecule has 0 amide bonds. The lowest BCUT2D eigenvalue weighted by Gasteiger charge is -2.09. The smallest absolute Gasteiger partial charge is 0.273 e. The van der Waals surface area contributed by atoms with Crippen molar-refractivity contribution in [3.8, 4) is 11.5 Å². The average molecular weight is 310 g/mol. The number of ketones is 1. The lowest BCUT2D eigenvalue weighted by molar-refractivity contribution is -0.384. The van der Waals surface area contributed by atoms with Crippen molar-refractivity contribution in [2.45, 2.75) is 6.92 Å². The van der Waals surface area contributed by atoms with Crippen LogP contribution in [-0.4, -0.2) is 10.7 Å². The van der Waals surface area contributed by atoms with Crippen LogP contribution in [0.15, 0.2) is 36.4 Å². The Morgan fingerprint density at radius 2 is 1.95 bits per heavy atom. The van der Waals surface area contributed by atoms with Gasteiger partial charge in [0.25, 0.3) is 5.69 Å². The van der Waals surface area contributed by atoms with Crippen molar-refractivity contribution in [3.63, 3.8) is 0 Å². The second-order valence-electron chi connectivity index (χ2n) is 4.18. The van der Waals surface area contributed by atoms with Gasteiger partial charge < -0.3 is 4.74 Å². The average Bonchev–Trinajstić information content (AvgIpc) is 2.42. The van der Waals surface area contributed by atoms with Crippen LogP contribution in [0.1, 0.15) is 17.3 Å². The molecule has 0 aliphatic carbocycles. The third-order valence-corrected chi connectivity index (χ3v) is 3.00. The molecule has 108 valence electrons. The first-order chi connectivity index (χ1) is 9.88. The third kappa shape index (κ3) is 3.35. The van der Waals surface area contributed by atoms with Gasteiger partial charge in [-0.1, -0.05) is 11.6 Å². The number of rotatable bonds is 4. The van der Waals surface area contributed by atoms with E-state index in [2.05, 4.69) is 0 Å². The topological polar surface area (TPSA) is 69.4 Å². The van der Waals surface area contributed by atoms with Crippen molar-refractivity contribution in [1.29, 1.82) is 0 Å². The van der Waals surface area contributed by atoms with E-state index < -0.39 is 10.7 Å². The Hall–Kier alpha value is -2.47. The van der Waals surface area contributed by atoms with E-state index in [-0.39, 0.29) is 33.6 Å². The molecule has 0 atom stereocenters. The Morgan fingerprint density at radius 1 is 1.24 bits per heavy atom. The summed E-state index contributed by atoms with van der Waals surface area (Å²) in [7, 11) is 0. The molecule has 0 aromatic heterocycles. The predicted octanol–water partition coefficient (Wildman–Crippen LogP) is 4.38. The van der Waals surface area contributed by atoms with Gasteiger partial charge in [-0.15, -0.1) is 0 Å². The van der Waals surface area contributed by atoms with Crippen LogP contribution < -0.4 is 4.74 Å². The Morgan fingerprint density at radius 3 is 2.52 bits per heavy atom. The molecule has 0 fully saturated rings. The third-order valence-electron chi connectivity index (χ3n) is 2.68. The van der Waals surface area contributed by atoms with Gasteiger partial charge in [0.05, 0.1) is 16.0 Å². The van der Waals surface area contributed by atoms with Crippen LogP contribution >= 0.6 is 11.6 Å². The van der Waals surface area contributed by atoms with E-state index in [9.17, 15) is 19.3 Å². The first kappa shape index (κ1) is 14.9. The van der Waals surface area contributed by atoms with E-state index >= 15 is 0 Å². The molecule has 0 N–H and O–H groups in total. The molecule has 0 aliphatic rings. The van der Waals surface area contributed by atoms with Crippen LogP contribution in [0.4, 0.5) is 10.1 Å². The maximum atomic E-state index is 13.8. The molecular weight excluding hydrogens is 301 g/mol. The largest absolute Gasteiger partial charge is 0.452 e. The molecule has 0 aliphatic heterocycles. The maximum absolute atomic E-state index is 13.8. The molecule has 0 unspecified atom stereocenters. The molecule has 2 rings (SSSR count). The molecule has 7 heteroatoms. The summed E-state index contributed by atoms with van der Waals surface area (Å²) in [6.45, 7) is 1.31. The van der Waals surface area contributed by atoms with Gasteiger partial charge in [-0.05, 0) is 31.2 Å². The minimum Gasteiger partial charge on any atom is -0.452 e. The standard InChI is InChI=1S/C14H9ClFNO4/c1-8(18)9-2-5-13(12(16)6-9)21-14-7-10(17(19)20)3-4-11(14)15/h2-7H,1H3. The minimum atomic E-state index is -0.759. The van der Waals surface area contributed by atoms with Gasteiger partial charge in [0, 0.05) is 11.6 Å². The fraction of sp³-hybridized carbons (Fsp3) is 0.0714. The number of carbonyl (C=O) groups is 1. The zero-order valence-electron chi connectivity index (χ0n) is 10.8. The lowest BCUT2D eigenvalue weighted by atomic mass is 10.1. The molecule has 5 nitrogen and oxygen atoms in total. The number of nitro benzene ring substituents is 1. The van der Waals surface area contributed by atoms with Crippen LogP contribution in [0.25, 0.3) is 0 Å². The van der Waals surface area contributed by atoms with Crippen molar-refractivity contribution in [1.82, 2.24) is 0 Å². The first-order valence-electron chi connectivity index (χ1n) is 5.81. The van der Waals surface area contributed by atoms with Crippen molar-refractivity contribution in [2.75, 3.05) is 0 Å². The highest BCUT2D eigenvalue weighted by Gasteiger charge is 2.14. The number of hydrogen-bond donors (Lipinski definition) is 0. The van der Waals surface area contributed by atoms with E-state index in [1.165, 1.54) is 31.2 Å². The zero-order valence-corrected chi connectivity index (χ0v) is 11.6. The second kappa shape index (κ2) is 5.88. The Kier molecular flexibility index (Phi) is 4.18. The number of hydrogen-bond acceptors (Lipinski definition) is 4. The lowest BCUT2D eigenvalue weighted by Crippen LogP contribution is -1.96. The van der Waals surface area contributed by atoms with Crippen molar-refractivity contribution in [3.05, 3.63) is 62.9 Å². The highest BCUT2D eigenvalue weighted by Crippen LogP contribution is 2.33. The van der Waals surface area contributed by atoms with Gasteiger partial charge in [-0.2, -0.15) is 0 Å². The number of ether oxygens (including phenoxy) is 1. The van der Waals surface area contributed by atoms with Crippen LogP contribution in [0, 0.1) is 15.9 Å². The monoisotopic (exact) mass is 309 g/mol. The van der Waals surface area contributed by atoms with Crippen LogP contribution in [0.3, 0.4) is 0 Å². The number of halogens is 2. The summed E-state index contributed by atoms with van der Waals surface area (Å²) in [5, 5.41) is 10.8. The van der Waals surface area contributed by atoms with Gasteiger partial charge in [0.2, 0.25) is 0 Å². The van der Waals surface area contributed by atoms with Gasteiger partial charge >= 0.3 is 0 Å². The SMILES string of the molecule is CC(=O)c1ccc(Oc2cc([N+](=O)[O-])ccc2Cl)c(F)c1. The highest BCUT2D eigenvalue weighted by molar-refractivity contribution is 6.32. The summed E-state index contributed by atoms with van der Waals surface area (Å²) in [4.78, 5) is 21.2. The number of nitro groups is 1. The summed E-state index contributed by atoms with van der Waals surface area (Å²) >= 11 is 5.86. The van der Waals surface area contributed by atoms with Gasteiger partial charge in [0.1, 0.15) is 0 Å². The molecule has 2 aromatic carbocycles. The highest BCUT2D eigenvalue weighted by atomic mass is 35.5. The number of benzene rings is 2. The molecule has 0 radical (unpaired) electrons. The summed E-state index contributed by atoms with van der Waals surface area (Å²) in [6.07, 6.45) is 0. The first-order valence-corrected chi connectivity index (χ1v) is 6.18. The van der Waals surface area contributed by atoms with Crippen molar-refractivity contribution < 1.29 is 18.8 Å². The van der Waals surface area contributed by atoms with Gasteiger partial charge in [-0.25, -0.2) is 4.39 Å². The van der Waals surface area contributed by atoms with E-state index in [0.29, 0.717) is 0 Å². The minimum absolute atomic E-state index is 0.0414. The maximum Gasteiger partial charge on any atom is 0.273 e. The fourth-order valence-electron chi connectivity index (χ4n) is 1.60. The Balaban J connectivity index is 2.36. The van der Waals surface area contributed by atoms with Crippen LogP contribution in [-0.2, 0) is 0 Å². The van der Waals surface area contributed by atoms with Crippen molar-refractivity contribution in [2.24, 2.45) is 0 Å². The van der Waals surface area contributed by atoms with Crippen LogP contribution in [0.5, 0.6) is 11.5 Å². The van der Waals surface area contributed by atoms with E-state index in [4.69, 9.17) is 16.3 Å². The quantitative estimate of drug-likeness (QED) is 0.477. The van der Waals surface area contributed by atoms with E-state index in [1.807, 2.05) is 0 Å². The molecule has 0 saturated carbocycles. The summed E-state index contributed by atoms with van der Waals surface area (Å²) in [5.41, 5.74) is -0.0276. The molecule has 2 aromatic rings. The van der Waals surface area contributed by atoms with Gasteiger partial charge in [-0.3, -0.25) is 14.9 Å². The number of Topliss-reactive ketones (excluding diaryl/α,β-unsaturated/α-hetero) is 1. The van der Waals surface area contributed by atoms with E-state index in [0.717, 1.165) is 12.1 Å². The summed E-state index contributed by atoms with van der Waals surface area (Å²) < 4.78 is 19.1. The summed E-state index contributed by atoms with van der Waals surface area (Å²) in [6, 6.07) is 7.29.